The number of rotatable bonds is 44. The number of amides is 1. The fourth-order valence-electron chi connectivity index (χ4n) is 5.01. The molecule has 59 heavy (non-hydrogen) atoms. The number of nitrogens with zero attached hydrogens (tertiary/aromatic N) is 1. The molecule has 1 aromatic rings. The third-order valence-electron chi connectivity index (χ3n) is 8.24. The van der Waals surface area contributed by atoms with Crippen molar-refractivity contribution in [1.82, 2.24) is 4.90 Å². The largest absolute Gasteiger partial charge is 0.491 e. The van der Waals surface area contributed by atoms with Gasteiger partial charge in [0.15, 0.2) is 0 Å². The van der Waals surface area contributed by atoms with Crippen molar-refractivity contribution < 1.29 is 66.4 Å². The van der Waals surface area contributed by atoms with Crippen LogP contribution in [0.15, 0.2) is 24.3 Å². The molecular formula is C44H81NO14. The molecule has 0 aliphatic carbocycles. The molecule has 0 radical (unpaired) electrons. The number of unbranched alkanes of at least 4 members (excludes halogenated alkanes) is 5. The summed E-state index contributed by atoms with van der Waals surface area (Å²) in [4.78, 5) is 13.4. The van der Waals surface area contributed by atoms with E-state index in [1.807, 2.05) is 32.9 Å². The number of carbonyl (C=O) groups excluding carboxylic acids is 1. The molecule has 346 valence electrons. The molecule has 1 aromatic carbocycles. The Morgan fingerprint density at radius 3 is 1.14 bits per heavy atom. The maximum Gasteiger partial charge on any atom is 0.410 e. The second-order valence-electron chi connectivity index (χ2n) is 14.6. The van der Waals surface area contributed by atoms with Crippen LogP contribution in [0.3, 0.4) is 0 Å². The zero-order valence-corrected chi connectivity index (χ0v) is 37.4. The van der Waals surface area contributed by atoms with Gasteiger partial charge in [-0.2, -0.15) is 0 Å². The van der Waals surface area contributed by atoms with Crippen molar-refractivity contribution in [2.45, 2.75) is 78.2 Å². The number of carbonyl (C=O) groups is 1. The van der Waals surface area contributed by atoms with E-state index in [1.165, 1.54) is 49.0 Å². The van der Waals surface area contributed by atoms with Gasteiger partial charge in [-0.25, -0.2) is 4.79 Å². The molecule has 0 fully saturated rings. The first-order valence-electron chi connectivity index (χ1n) is 21.8. The Hall–Kier alpha value is -2.15. The lowest BCUT2D eigenvalue weighted by molar-refractivity contribution is -0.0279. The van der Waals surface area contributed by atoms with E-state index < -0.39 is 5.60 Å². The first-order valence-corrected chi connectivity index (χ1v) is 21.8. The zero-order valence-electron chi connectivity index (χ0n) is 37.4. The van der Waals surface area contributed by atoms with Crippen molar-refractivity contribution >= 4 is 6.09 Å². The summed E-state index contributed by atoms with van der Waals surface area (Å²) in [6, 6.07) is 8.43. The highest BCUT2D eigenvalue weighted by atomic mass is 16.6. The maximum absolute atomic E-state index is 11.9. The van der Waals surface area contributed by atoms with Crippen LogP contribution in [-0.2, 0) is 63.3 Å². The third-order valence-corrected chi connectivity index (χ3v) is 8.24. The number of hydrogen-bond donors (Lipinski definition) is 0. The van der Waals surface area contributed by atoms with Crippen molar-refractivity contribution in [3.8, 4) is 5.75 Å². The molecule has 0 N–H and O–H groups in total. The highest BCUT2D eigenvalue weighted by Crippen LogP contribution is 2.15. The molecule has 0 saturated carbocycles. The van der Waals surface area contributed by atoms with E-state index in [0.717, 1.165) is 12.2 Å². The molecule has 1 rings (SSSR count). The predicted molar refractivity (Wildman–Crippen MR) is 227 cm³/mol. The second-order valence-corrected chi connectivity index (χ2v) is 14.6. The lowest BCUT2D eigenvalue weighted by Gasteiger charge is -2.24. The molecule has 0 spiro atoms. The SMILES string of the molecule is CCCCCCCCc1ccc(OCCOCCOCCOCCOCCOCCOCCOCCOCCOCCOCCOCCN(C)C(=O)OC(C)(C)C)cc1. The number of hydrogen-bond acceptors (Lipinski definition) is 14. The van der Waals surface area contributed by atoms with Crippen molar-refractivity contribution in [3.63, 3.8) is 0 Å². The van der Waals surface area contributed by atoms with Crippen LogP contribution in [0.25, 0.3) is 0 Å². The molecule has 0 aromatic heterocycles. The zero-order chi connectivity index (χ0) is 42.8. The van der Waals surface area contributed by atoms with Gasteiger partial charge in [0, 0.05) is 13.6 Å². The molecule has 0 saturated heterocycles. The molecule has 0 heterocycles. The van der Waals surface area contributed by atoms with Crippen molar-refractivity contribution in [3.05, 3.63) is 29.8 Å². The number of likely N-dealkylation sites (N-methyl/N-ethyl adjacent to an activating group) is 1. The summed E-state index contributed by atoms with van der Waals surface area (Å²) in [7, 11) is 1.68. The highest BCUT2D eigenvalue weighted by Gasteiger charge is 2.19. The molecule has 0 bridgehead atoms. The predicted octanol–water partition coefficient (Wildman–Crippen LogP) is 6.02. The summed E-state index contributed by atoms with van der Waals surface area (Å²) in [6.07, 6.45) is 8.70. The molecule has 0 aliphatic heterocycles. The third kappa shape index (κ3) is 39.7. The molecule has 15 nitrogen and oxygen atoms in total. The van der Waals surface area contributed by atoms with Gasteiger partial charge in [0.1, 0.15) is 18.0 Å². The van der Waals surface area contributed by atoms with Crippen molar-refractivity contribution in [2.24, 2.45) is 0 Å². The molecule has 1 amide bonds. The Labute approximate surface area is 356 Å². The Balaban J connectivity index is 1.68. The van der Waals surface area contributed by atoms with E-state index in [1.54, 1.807) is 7.05 Å². The molecule has 0 atom stereocenters. The summed E-state index contributed by atoms with van der Waals surface area (Å²) < 4.78 is 71.8. The van der Waals surface area contributed by atoms with Gasteiger partial charge in [-0.3, -0.25) is 0 Å². The molecule has 15 heteroatoms. The maximum atomic E-state index is 11.9. The van der Waals surface area contributed by atoms with Crippen LogP contribution in [0, 0.1) is 0 Å². The minimum atomic E-state index is -0.512. The number of aryl methyl sites for hydroxylation is 1. The molecule has 0 unspecified atom stereocenters. The summed E-state index contributed by atoms with van der Waals surface area (Å²) in [6.45, 7) is 19.6. The lowest BCUT2D eigenvalue weighted by Crippen LogP contribution is -2.36. The highest BCUT2D eigenvalue weighted by molar-refractivity contribution is 5.67. The van der Waals surface area contributed by atoms with Gasteiger partial charge < -0.3 is 66.5 Å². The fourth-order valence-corrected chi connectivity index (χ4v) is 5.01. The van der Waals surface area contributed by atoms with Crippen molar-refractivity contribution in [1.29, 1.82) is 0 Å². The van der Waals surface area contributed by atoms with Gasteiger partial charge >= 0.3 is 6.09 Å². The lowest BCUT2D eigenvalue weighted by atomic mass is 10.0. The summed E-state index contributed by atoms with van der Waals surface area (Å²) in [5, 5.41) is 0. The topological polar surface area (TPSA) is 140 Å². The van der Waals surface area contributed by atoms with E-state index in [2.05, 4.69) is 19.1 Å². The van der Waals surface area contributed by atoms with E-state index in [-0.39, 0.29) is 6.09 Å². The average Bonchev–Trinajstić information content (AvgIpc) is 3.21. The van der Waals surface area contributed by atoms with Gasteiger partial charge in [0.25, 0.3) is 0 Å². The average molecular weight is 848 g/mol. The first kappa shape index (κ1) is 54.9. The van der Waals surface area contributed by atoms with Gasteiger partial charge in [-0.15, -0.1) is 0 Å². The van der Waals surface area contributed by atoms with Crippen LogP contribution in [0.2, 0.25) is 0 Å². The quantitative estimate of drug-likeness (QED) is 0.0708. The first-order chi connectivity index (χ1) is 28.8. The molecular weight excluding hydrogens is 766 g/mol. The van der Waals surface area contributed by atoms with Crippen LogP contribution >= 0.6 is 0 Å². The van der Waals surface area contributed by atoms with Gasteiger partial charge in [0.05, 0.1) is 145 Å². The Morgan fingerprint density at radius 1 is 0.458 bits per heavy atom. The van der Waals surface area contributed by atoms with Crippen LogP contribution in [0.4, 0.5) is 4.79 Å². The Bertz CT molecular complexity index is 1030. The second kappa shape index (κ2) is 41.2. The fraction of sp³-hybridized carbons (Fsp3) is 0.841. The Kier molecular flexibility index (Phi) is 38.3. The van der Waals surface area contributed by atoms with E-state index in [9.17, 15) is 4.79 Å². The van der Waals surface area contributed by atoms with Gasteiger partial charge in [0.2, 0.25) is 0 Å². The monoisotopic (exact) mass is 848 g/mol. The summed E-state index contributed by atoms with van der Waals surface area (Å²) in [5.74, 6) is 0.881. The number of benzene rings is 1. The minimum absolute atomic E-state index is 0.364. The summed E-state index contributed by atoms with van der Waals surface area (Å²) in [5.41, 5.74) is 0.862. The van der Waals surface area contributed by atoms with Gasteiger partial charge in [-0.1, -0.05) is 51.2 Å². The summed E-state index contributed by atoms with van der Waals surface area (Å²) >= 11 is 0. The smallest absolute Gasteiger partial charge is 0.410 e. The van der Waals surface area contributed by atoms with Gasteiger partial charge in [-0.05, 0) is 51.3 Å². The van der Waals surface area contributed by atoms with Crippen LogP contribution in [0.1, 0.15) is 71.8 Å². The molecule has 0 aliphatic rings. The van der Waals surface area contributed by atoms with Crippen LogP contribution in [-0.4, -0.2) is 182 Å². The normalized spacial score (nSPS) is 11.7. The van der Waals surface area contributed by atoms with E-state index in [4.69, 9.17) is 61.6 Å². The minimum Gasteiger partial charge on any atom is -0.491 e. The Morgan fingerprint density at radius 2 is 0.780 bits per heavy atom. The van der Waals surface area contributed by atoms with Crippen LogP contribution in [0.5, 0.6) is 5.75 Å². The van der Waals surface area contributed by atoms with Crippen LogP contribution < -0.4 is 4.74 Å². The number of ether oxygens (including phenoxy) is 13. The standard InChI is InChI=1S/C44H81NO14/c1-6-7-8-9-10-11-12-41-13-15-42(16-14-41)58-40-39-57-38-37-56-36-35-55-34-33-54-32-31-53-30-29-52-28-27-51-26-25-50-24-23-49-22-21-48-20-19-47-18-17-45(5)43(46)59-44(2,3)4/h13-16H,6-12,17-40H2,1-5H3. The van der Waals surface area contributed by atoms with E-state index >= 15 is 0 Å². The van der Waals surface area contributed by atoms with Crippen molar-refractivity contribution in [2.75, 3.05) is 166 Å². The van der Waals surface area contributed by atoms with E-state index in [0.29, 0.717) is 159 Å².